The van der Waals surface area contributed by atoms with Gasteiger partial charge in [0.1, 0.15) is 11.0 Å². The highest BCUT2D eigenvalue weighted by Crippen LogP contribution is 2.38. The maximum Gasteiger partial charge on any atom is 0.278 e. The molecule has 3 aromatic heterocycles. The largest absolute Gasteiger partial charge is 0.384 e. The van der Waals surface area contributed by atoms with Gasteiger partial charge >= 0.3 is 0 Å². The number of aliphatic hydroxyl groups is 1. The average Bonchev–Trinajstić information content (AvgIpc) is 3.57. The summed E-state index contributed by atoms with van der Waals surface area (Å²) < 4.78 is 28.9. The maximum absolute atomic E-state index is 13.4. The number of anilines is 3. The number of piperidine rings is 1. The van der Waals surface area contributed by atoms with E-state index in [1.165, 1.54) is 23.7 Å². The van der Waals surface area contributed by atoms with Crippen molar-refractivity contribution < 1.29 is 13.9 Å². The first-order valence-corrected chi connectivity index (χ1v) is 16.1. The van der Waals surface area contributed by atoms with Gasteiger partial charge < -0.3 is 20.6 Å². The second kappa shape index (κ2) is 12.5. The molecule has 242 valence electrons. The van der Waals surface area contributed by atoms with Crippen molar-refractivity contribution in [2.24, 2.45) is 0 Å². The van der Waals surface area contributed by atoms with Crippen LogP contribution in [-0.4, -0.2) is 79.6 Å². The lowest BCUT2D eigenvalue weighted by atomic mass is 9.98. The number of hydrogen-bond donors (Lipinski definition) is 3. The number of hydrogen-bond acceptors (Lipinski definition) is 9. The van der Waals surface area contributed by atoms with Gasteiger partial charge in [-0.05, 0) is 81.1 Å². The smallest absolute Gasteiger partial charge is 0.278 e. The number of pyridine rings is 1. The van der Waals surface area contributed by atoms with Gasteiger partial charge in [0.05, 0.1) is 12.2 Å². The molecule has 2 fully saturated rings. The molecule has 1 atom stereocenters. The third-order valence-corrected chi connectivity index (χ3v) is 9.74. The molecule has 3 N–H and O–H groups in total. The lowest BCUT2D eigenvalue weighted by Gasteiger charge is -2.41. The second-order valence-electron chi connectivity index (χ2n) is 12.4. The topological polar surface area (TPSA) is 116 Å². The number of nitrogens with zero attached hydrogens (tertiary/aromatic N) is 7. The molecule has 0 unspecified atom stereocenters. The Morgan fingerprint density at radius 1 is 1.09 bits per heavy atom. The molecular weight excluding hydrogens is 592 g/mol. The van der Waals surface area contributed by atoms with Crippen LogP contribution in [-0.2, 0) is 18.6 Å². The lowest BCUT2D eigenvalue weighted by Crippen LogP contribution is -2.52. The van der Waals surface area contributed by atoms with E-state index in [4.69, 9.17) is 4.98 Å². The van der Waals surface area contributed by atoms with E-state index in [-0.39, 0.29) is 23.5 Å². The summed E-state index contributed by atoms with van der Waals surface area (Å²) >= 11 is 0. The van der Waals surface area contributed by atoms with Crippen molar-refractivity contribution in [1.29, 1.82) is 0 Å². The summed E-state index contributed by atoms with van der Waals surface area (Å²) in [5, 5.41) is 18.0. The number of allylic oxidation sites excluding steroid dienone is 1. The van der Waals surface area contributed by atoms with Gasteiger partial charge in [-0.3, -0.25) is 9.69 Å². The lowest BCUT2D eigenvalue weighted by molar-refractivity contribution is 0.0306. The Morgan fingerprint density at radius 2 is 1.85 bits per heavy atom. The van der Waals surface area contributed by atoms with Gasteiger partial charge in [0.25, 0.3) is 11.6 Å². The summed E-state index contributed by atoms with van der Waals surface area (Å²) in [5.74, 6) is 0.557. The van der Waals surface area contributed by atoms with E-state index in [9.17, 15) is 18.7 Å². The molecule has 46 heavy (non-hydrogen) atoms. The number of benzene rings is 1. The minimum atomic E-state index is -1.90. The van der Waals surface area contributed by atoms with Gasteiger partial charge in [0.2, 0.25) is 5.95 Å². The highest BCUT2D eigenvalue weighted by atomic mass is 19.3. The number of aryl methyl sites for hydroxylation is 1. The standard InChI is InChI=1S/C33H39F2N9O2/c1-2-33(46)13-9-22-3-8-28(39-29(22)33)44-30-26(31(45)43(44)16-12-27(34)35)21-37-32(40-30)38-23-4-6-24(7-5-23)41-17-19-42(20-18-41)25-10-14-36-15-11-25/h3-8,12,21,25,36,46H,2,9-11,13-20H2,1H3,(H,37,38,40)/t33-/m1/s1. The van der Waals surface area contributed by atoms with E-state index in [2.05, 4.69) is 42.5 Å². The Balaban J connectivity index is 1.15. The van der Waals surface area contributed by atoms with E-state index in [1.807, 2.05) is 25.1 Å². The van der Waals surface area contributed by atoms with Gasteiger partial charge in [-0.25, -0.2) is 19.3 Å². The SMILES string of the molecule is CC[C@@]1(O)CCc2ccc(-n3c4nc(Nc5ccc(N6CCN(C7CCNCC7)CC6)cc5)ncc4c(=O)n3CC=C(F)F)nc21. The first-order chi connectivity index (χ1) is 22.3. The minimum absolute atomic E-state index is 0.172. The molecule has 2 aliphatic heterocycles. The van der Waals surface area contributed by atoms with Crippen molar-refractivity contribution in [3.8, 4) is 5.82 Å². The van der Waals surface area contributed by atoms with Gasteiger partial charge in [-0.2, -0.15) is 13.8 Å². The summed E-state index contributed by atoms with van der Waals surface area (Å²) in [4.78, 5) is 32.2. The Morgan fingerprint density at radius 3 is 2.57 bits per heavy atom. The van der Waals surface area contributed by atoms with Crippen LogP contribution in [0, 0.1) is 0 Å². The van der Waals surface area contributed by atoms with Crippen molar-refractivity contribution in [3.63, 3.8) is 0 Å². The molecule has 1 aromatic carbocycles. The van der Waals surface area contributed by atoms with E-state index in [0.29, 0.717) is 42.9 Å². The Labute approximate surface area is 265 Å². The molecule has 0 bridgehead atoms. The zero-order valence-corrected chi connectivity index (χ0v) is 25.9. The van der Waals surface area contributed by atoms with Gasteiger partial charge in [0.15, 0.2) is 11.5 Å². The fourth-order valence-electron chi connectivity index (χ4n) is 7.05. The molecule has 1 aliphatic carbocycles. The number of piperazine rings is 1. The van der Waals surface area contributed by atoms with E-state index >= 15 is 0 Å². The predicted molar refractivity (Wildman–Crippen MR) is 173 cm³/mol. The zero-order chi connectivity index (χ0) is 31.8. The summed E-state index contributed by atoms with van der Waals surface area (Å²) in [5.41, 5.74) is 2.02. The van der Waals surface area contributed by atoms with Crippen LogP contribution >= 0.6 is 0 Å². The number of halogens is 2. The van der Waals surface area contributed by atoms with Crippen molar-refractivity contribution in [3.05, 3.63) is 76.4 Å². The fraction of sp³-hybridized carbons (Fsp3) is 0.455. The van der Waals surface area contributed by atoms with E-state index < -0.39 is 17.2 Å². The van der Waals surface area contributed by atoms with Gasteiger partial charge in [0, 0.05) is 55.9 Å². The summed E-state index contributed by atoms with van der Waals surface area (Å²) in [6.07, 6.45) is 4.33. The van der Waals surface area contributed by atoms with Crippen LogP contribution in [0.1, 0.15) is 43.9 Å². The highest BCUT2D eigenvalue weighted by Gasteiger charge is 2.37. The van der Waals surface area contributed by atoms with Crippen LogP contribution in [0.5, 0.6) is 0 Å². The average molecular weight is 632 g/mol. The molecule has 0 amide bonds. The number of rotatable bonds is 8. The van der Waals surface area contributed by atoms with E-state index in [0.717, 1.165) is 60.9 Å². The summed E-state index contributed by atoms with van der Waals surface area (Å²) in [6.45, 7) is 7.81. The quantitative estimate of drug-likeness (QED) is 0.266. The minimum Gasteiger partial charge on any atom is -0.384 e. The number of nitrogens with one attached hydrogen (secondary N) is 2. The van der Waals surface area contributed by atoms with Crippen molar-refractivity contribution in [1.82, 2.24) is 34.5 Å². The summed E-state index contributed by atoms with van der Waals surface area (Å²) in [7, 11) is 0. The van der Waals surface area contributed by atoms with Crippen molar-refractivity contribution in [2.75, 3.05) is 49.5 Å². The number of fused-ring (bicyclic) bond motifs is 2. The highest BCUT2D eigenvalue weighted by molar-refractivity contribution is 5.77. The Bertz CT molecular complexity index is 1800. The molecule has 3 aliphatic rings. The Hall–Kier alpha value is -4.20. The molecule has 11 nitrogen and oxygen atoms in total. The monoisotopic (exact) mass is 631 g/mol. The van der Waals surface area contributed by atoms with Crippen LogP contribution in [0.3, 0.4) is 0 Å². The fourth-order valence-corrected chi connectivity index (χ4v) is 7.05. The molecular formula is C33H39F2N9O2. The first-order valence-electron chi connectivity index (χ1n) is 16.1. The van der Waals surface area contributed by atoms with E-state index in [1.54, 1.807) is 6.07 Å². The van der Waals surface area contributed by atoms with Crippen LogP contribution in [0.25, 0.3) is 16.9 Å². The molecule has 7 rings (SSSR count). The maximum atomic E-state index is 13.4. The molecule has 0 saturated carbocycles. The normalized spacial score (nSPS) is 20.7. The van der Waals surface area contributed by atoms with Crippen molar-refractivity contribution in [2.45, 2.75) is 57.2 Å². The third-order valence-electron chi connectivity index (χ3n) is 9.74. The first kappa shape index (κ1) is 30.5. The molecule has 13 heteroatoms. The predicted octanol–water partition coefficient (Wildman–Crippen LogP) is 3.92. The van der Waals surface area contributed by atoms with Gasteiger partial charge in [-0.1, -0.05) is 13.0 Å². The van der Waals surface area contributed by atoms with Gasteiger partial charge in [-0.15, -0.1) is 0 Å². The number of aromatic nitrogens is 5. The molecule has 5 heterocycles. The van der Waals surface area contributed by atoms with Crippen LogP contribution in [0.2, 0.25) is 0 Å². The molecule has 2 saturated heterocycles. The van der Waals surface area contributed by atoms with Crippen LogP contribution in [0.15, 0.2) is 59.5 Å². The molecule has 0 spiro atoms. The molecule has 0 radical (unpaired) electrons. The summed E-state index contributed by atoms with van der Waals surface area (Å²) in [6, 6.07) is 12.4. The van der Waals surface area contributed by atoms with Crippen LogP contribution < -0.4 is 21.1 Å². The van der Waals surface area contributed by atoms with Crippen molar-refractivity contribution >= 4 is 28.4 Å². The second-order valence-corrected chi connectivity index (χ2v) is 12.4. The Kier molecular flexibility index (Phi) is 8.30. The molecule has 4 aromatic rings. The third kappa shape index (κ3) is 5.78. The zero-order valence-electron chi connectivity index (χ0n) is 25.9. The van der Waals surface area contributed by atoms with Crippen LogP contribution in [0.4, 0.5) is 26.1 Å².